The Balaban J connectivity index is 2.57. The van der Waals surface area contributed by atoms with Gasteiger partial charge in [0, 0.05) is 12.8 Å². The number of carbonyl (C=O) groups excluding carboxylic acids is 1. The van der Waals surface area contributed by atoms with E-state index in [1.54, 1.807) is 6.92 Å². The van der Waals surface area contributed by atoms with Crippen molar-refractivity contribution in [3.63, 3.8) is 0 Å². The Hall–Kier alpha value is -1.04. The van der Waals surface area contributed by atoms with Gasteiger partial charge in [-0.2, -0.15) is 0 Å². The predicted molar refractivity (Wildman–Crippen MR) is 41.5 cm³/mol. The zero-order valence-electron chi connectivity index (χ0n) is 6.67. The molecule has 0 bridgehead atoms. The summed E-state index contributed by atoms with van der Waals surface area (Å²) < 4.78 is 4.83. The molecule has 1 rings (SSSR count). The monoisotopic (exact) mass is 154 g/mol. The van der Waals surface area contributed by atoms with Crippen LogP contribution in [0.2, 0.25) is 0 Å². The topological polar surface area (TPSA) is 30.7 Å². The van der Waals surface area contributed by atoms with Crippen LogP contribution in [0.15, 0.2) is 0 Å². The number of esters is 1. The summed E-state index contributed by atoms with van der Waals surface area (Å²) in [5.41, 5.74) is -0.685. The molecule has 0 radical (unpaired) electrons. The highest BCUT2D eigenvalue weighted by Gasteiger charge is 2.56. The van der Waals surface area contributed by atoms with E-state index in [2.05, 4.69) is 4.85 Å². The van der Waals surface area contributed by atoms with Crippen LogP contribution in [-0.2, 0) is 9.53 Å². The van der Waals surface area contributed by atoms with Crippen molar-refractivity contribution in [1.82, 2.24) is 0 Å². The van der Waals surface area contributed by atoms with Crippen LogP contribution in [0.3, 0.4) is 0 Å². The lowest BCUT2D eigenvalue weighted by Crippen LogP contribution is -2.43. The Bertz CT molecular complexity index is 201. The summed E-state index contributed by atoms with van der Waals surface area (Å²) in [6.07, 6.45) is 2.49. The Kier molecular flexibility index (Phi) is 2.13. The molecular weight excluding hydrogens is 142 g/mol. The summed E-state index contributed by atoms with van der Waals surface area (Å²) in [4.78, 5) is 14.8. The zero-order valence-corrected chi connectivity index (χ0v) is 6.67. The molecule has 1 saturated carbocycles. The lowest BCUT2D eigenvalue weighted by molar-refractivity contribution is -0.150. The molecule has 3 heteroatoms. The van der Waals surface area contributed by atoms with Gasteiger partial charge in [-0.15, -0.1) is 0 Å². The maximum atomic E-state index is 11.2. The van der Waals surface area contributed by atoms with E-state index in [1.807, 2.05) is 0 Å². The molecule has 0 aromatic carbocycles. The van der Waals surface area contributed by atoms with E-state index < -0.39 is 5.54 Å². The summed E-state index contributed by atoms with van der Waals surface area (Å²) in [5, 5.41) is 0. The van der Waals surface area contributed by atoms with E-state index in [4.69, 9.17) is 11.3 Å². The third kappa shape index (κ3) is 1.21. The first kappa shape index (κ1) is 8.06. The molecule has 0 saturated heterocycles. The Morgan fingerprint density at radius 1 is 1.73 bits per heavy atom. The fourth-order valence-corrected chi connectivity index (χ4v) is 1.16. The minimum atomic E-state index is -0.685. The van der Waals surface area contributed by atoms with Crippen molar-refractivity contribution < 1.29 is 9.53 Å². The molecule has 0 atom stereocenters. The second-order valence-electron chi connectivity index (χ2n) is 2.73. The second-order valence-corrected chi connectivity index (χ2v) is 2.73. The highest BCUT2D eigenvalue weighted by Crippen LogP contribution is 2.36. The van der Waals surface area contributed by atoms with E-state index >= 15 is 0 Å². The lowest BCUT2D eigenvalue weighted by Gasteiger charge is -2.23. The van der Waals surface area contributed by atoms with E-state index in [0.29, 0.717) is 6.61 Å². The van der Waals surface area contributed by atoms with Gasteiger partial charge in [-0.1, -0.05) is 4.85 Å². The molecule has 0 N–H and O–H groups in total. The minimum Gasteiger partial charge on any atom is -0.460 e. The van der Waals surface area contributed by atoms with E-state index in [0.717, 1.165) is 19.3 Å². The van der Waals surface area contributed by atoms with Crippen molar-refractivity contribution in [1.29, 1.82) is 0 Å². The molecule has 0 aromatic heterocycles. The van der Waals surface area contributed by atoms with Gasteiger partial charge in [-0.3, -0.25) is 0 Å². The summed E-state index contributed by atoms with van der Waals surface area (Å²) in [7, 11) is 0. The van der Waals surface area contributed by atoms with Gasteiger partial charge in [0.05, 0.1) is 6.61 Å². The predicted octanol–water partition coefficient (Wildman–Crippen LogP) is 1.43. The highest BCUT2D eigenvalue weighted by atomic mass is 16.5. The first-order valence-electron chi connectivity index (χ1n) is 3.84. The fraction of sp³-hybridized carbons (Fsp3) is 0.750. The van der Waals surface area contributed by atoms with Gasteiger partial charge in [0.2, 0.25) is 0 Å². The minimum absolute atomic E-state index is 0.270. The largest absolute Gasteiger partial charge is 0.460 e. The molecule has 0 aromatic rings. The lowest BCUT2D eigenvalue weighted by atomic mass is 9.77. The summed E-state index contributed by atoms with van der Waals surface area (Å²) in [5.74, 6) is -0.270. The van der Waals surface area contributed by atoms with Crippen LogP contribution in [-0.4, -0.2) is 18.1 Å². The first-order chi connectivity index (χ1) is 5.25. The Labute approximate surface area is 66.2 Å². The average Bonchev–Trinajstić information content (AvgIpc) is 1.87. The van der Waals surface area contributed by atoms with Gasteiger partial charge in [0.15, 0.2) is 0 Å². The van der Waals surface area contributed by atoms with Crippen molar-refractivity contribution >= 4 is 5.97 Å². The van der Waals surface area contributed by atoms with Crippen LogP contribution in [0.25, 0.3) is 4.85 Å². The van der Waals surface area contributed by atoms with Crippen molar-refractivity contribution in [2.24, 2.45) is 0 Å². The second kappa shape index (κ2) is 2.91. The standard InChI is InChI=1S/C8H12NO2/c1-3-11-7(10)8(9-2)5-4-6-8/h2H,3-6H2,1H3/q+1. The van der Waals surface area contributed by atoms with Gasteiger partial charge in [0.25, 0.3) is 6.57 Å². The molecule has 1 aliphatic rings. The van der Waals surface area contributed by atoms with Crippen molar-refractivity contribution in [2.45, 2.75) is 31.7 Å². The van der Waals surface area contributed by atoms with E-state index in [9.17, 15) is 4.79 Å². The number of carbonyl (C=O) groups is 1. The first-order valence-corrected chi connectivity index (χ1v) is 3.84. The van der Waals surface area contributed by atoms with Crippen molar-refractivity contribution in [2.75, 3.05) is 6.61 Å². The fourth-order valence-electron chi connectivity index (χ4n) is 1.16. The van der Waals surface area contributed by atoms with Crippen LogP contribution in [0, 0.1) is 6.57 Å². The number of hydrogen-bond donors (Lipinski definition) is 0. The maximum absolute atomic E-state index is 11.2. The normalized spacial score (nSPS) is 19.6. The van der Waals surface area contributed by atoms with Crippen LogP contribution in [0.1, 0.15) is 26.2 Å². The molecule has 0 unspecified atom stereocenters. The van der Waals surface area contributed by atoms with Crippen molar-refractivity contribution in [3.8, 4) is 6.57 Å². The molecular formula is C8H12NO2+. The SMILES string of the molecule is C#[N+]C1(C(=O)OCC)CCC1. The number of ether oxygens (including phenoxy) is 1. The Morgan fingerprint density at radius 2 is 2.36 bits per heavy atom. The van der Waals surface area contributed by atoms with Crippen molar-refractivity contribution in [3.05, 3.63) is 4.85 Å². The van der Waals surface area contributed by atoms with Gasteiger partial charge < -0.3 is 4.74 Å². The third-order valence-electron chi connectivity index (χ3n) is 2.08. The van der Waals surface area contributed by atoms with Crippen LogP contribution in [0.4, 0.5) is 0 Å². The molecule has 11 heavy (non-hydrogen) atoms. The summed E-state index contributed by atoms with van der Waals surface area (Å²) in [6.45, 7) is 7.30. The number of hydrogen-bond acceptors (Lipinski definition) is 2. The van der Waals surface area contributed by atoms with Gasteiger partial charge in [-0.25, -0.2) is 4.79 Å². The molecule has 1 aliphatic carbocycles. The van der Waals surface area contributed by atoms with Gasteiger partial charge in [-0.05, 0) is 13.3 Å². The van der Waals surface area contributed by atoms with Gasteiger partial charge in [0.1, 0.15) is 0 Å². The third-order valence-corrected chi connectivity index (χ3v) is 2.08. The summed E-state index contributed by atoms with van der Waals surface area (Å²) >= 11 is 0. The highest BCUT2D eigenvalue weighted by molar-refractivity contribution is 5.84. The van der Waals surface area contributed by atoms with Crippen LogP contribution < -0.4 is 0 Å². The number of nitrogens with zero attached hydrogens (tertiary/aromatic N) is 1. The molecule has 0 spiro atoms. The average molecular weight is 154 g/mol. The number of rotatable bonds is 2. The quantitative estimate of drug-likeness (QED) is 0.563. The molecule has 3 nitrogen and oxygen atoms in total. The van der Waals surface area contributed by atoms with Crippen LogP contribution >= 0.6 is 0 Å². The smallest absolute Gasteiger partial charge is 0.398 e. The van der Waals surface area contributed by atoms with E-state index in [1.165, 1.54) is 0 Å². The molecule has 1 fully saturated rings. The zero-order chi connectivity index (χ0) is 8.32. The maximum Gasteiger partial charge on any atom is 0.398 e. The molecule has 0 aliphatic heterocycles. The van der Waals surface area contributed by atoms with Gasteiger partial charge >= 0.3 is 11.5 Å². The summed E-state index contributed by atoms with van der Waals surface area (Å²) in [6, 6.07) is 0. The Morgan fingerprint density at radius 3 is 2.64 bits per heavy atom. The van der Waals surface area contributed by atoms with E-state index in [-0.39, 0.29) is 5.97 Å². The van der Waals surface area contributed by atoms with Crippen LogP contribution in [0.5, 0.6) is 0 Å². The molecule has 0 amide bonds. The molecule has 0 heterocycles. The molecule has 60 valence electrons.